The van der Waals surface area contributed by atoms with Crippen molar-refractivity contribution < 1.29 is 51.4 Å². The van der Waals surface area contributed by atoms with Crippen molar-refractivity contribution in [3.8, 4) is 0 Å². The average molecular weight is 135 g/mol. The maximum absolute atomic E-state index is 3.78. The monoisotopic (exact) mass is 135 g/mol. The summed E-state index contributed by atoms with van der Waals surface area (Å²) < 4.78 is 1.65. The van der Waals surface area contributed by atoms with Crippen LogP contribution in [0, 0.1) is 6.92 Å². The quantitative estimate of drug-likeness (QED) is 0.306. The molecule has 0 unspecified atom stereocenters. The van der Waals surface area contributed by atoms with Crippen LogP contribution < -0.4 is 51.4 Å². The predicted molar refractivity (Wildman–Crippen MR) is 25.4 cm³/mol. The summed E-state index contributed by atoms with van der Waals surface area (Å²) in [5.41, 5.74) is 0. The molecule has 0 saturated heterocycles. The van der Waals surface area contributed by atoms with Crippen LogP contribution in [0.5, 0.6) is 0 Å². The van der Waals surface area contributed by atoms with Crippen molar-refractivity contribution in [1.29, 1.82) is 0 Å². The van der Waals surface area contributed by atoms with Gasteiger partial charge in [0.05, 0.1) is 0 Å². The van der Waals surface area contributed by atoms with Crippen molar-refractivity contribution in [2.75, 3.05) is 0 Å². The third-order valence-electron chi connectivity index (χ3n) is 0.696. The molecule has 4 heteroatoms. The van der Waals surface area contributed by atoms with E-state index in [4.69, 9.17) is 0 Å². The SMILES string of the molecule is [CH2-]Cn1cncn1.[K+]. The van der Waals surface area contributed by atoms with Gasteiger partial charge in [0.1, 0.15) is 12.7 Å². The standard InChI is InChI=1S/C4H6N3.K/c1-2-7-4-5-3-6-7;/h3-4H,1-2H2;/q-1;+1. The van der Waals surface area contributed by atoms with Gasteiger partial charge < -0.3 is 6.92 Å². The first kappa shape index (κ1) is 8.78. The minimum atomic E-state index is 0. The van der Waals surface area contributed by atoms with Crippen molar-refractivity contribution >= 4 is 0 Å². The summed E-state index contributed by atoms with van der Waals surface area (Å²) in [6.07, 6.45) is 3.12. The Bertz CT molecular complexity index is 126. The van der Waals surface area contributed by atoms with Crippen LogP contribution in [-0.2, 0) is 6.54 Å². The molecule has 1 rings (SSSR count). The van der Waals surface area contributed by atoms with Crippen LogP contribution in [0.4, 0.5) is 0 Å². The third-order valence-corrected chi connectivity index (χ3v) is 0.696. The molecule has 3 nitrogen and oxygen atoms in total. The van der Waals surface area contributed by atoms with Crippen LogP contribution in [0.3, 0.4) is 0 Å². The summed E-state index contributed by atoms with van der Waals surface area (Å²) in [6, 6.07) is 0. The maximum atomic E-state index is 3.78. The molecule has 0 fully saturated rings. The Morgan fingerprint density at radius 3 is 2.62 bits per heavy atom. The van der Waals surface area contributed by atoms with E-state index in [1.54, 1.807) is 11.0 Å². The van der Waals surface area contributed by atoms with Crippen LogP contribution in [0.2, 0.25) is 0 Å². The van der Waals surface area contributed by atoms with Crippen LogP contribution in [0.15, 0.2) is 12.7 Å². The van der Waals surface area contributed by atoms with Gasteiger partial charge in [-0.25, -0.2) is 4.98 Å². The Kier molecular flexibility index (Phi) is 5.09. The zero-order chi connectivity index (χ0) is 5.11. The first-order valence-corrected chi connectivity index (χ1v) is 2.05. The first-order chi connectivity index (χ1) is 3.43. The van der Waals surface area contributed by atoms with E-state index in [0.717, 1.165) is 0 Å². The zero-order valence-corrected chi connectivity index (χ0v) is 8.03. The minimum absolute atomic E-state index is 0. The fourth-order valence-electron chi connectivity index (χ4n) is 0.348. The summed E-state index contributed by atoms with van der Waals surface area (Å²) in [6.45, 7) is 4.24. The van der Waals surface area contributed by atoms with Gasteiger partial charge in [-0.1, -0.05) is 6.54 Å². The number of hydrogen-bond donors (Lipinski definition) is 0. The molecule has 0 saturated carbocycles. The number of nitrogens with zero attached hydrogens (tertiary/aromatic N) is 3. The second-order valence-corrected chi connectivity index (χ2v) is 1.16. The Morgan fingerprint density at radius 2 is 2.38 bits per heavy atom. The molecule has 0 spiro atoms. The predicted octanol–water partition coefficient (Wildman–Crippen LogP) is -2.88. The average Bonchev–Trinajstić information content (AvgIpc) is 2.14. The molecule has 1 aromatic rings. The van der Waals surface area contributed by atoms with Gasteiger partial charge in [0.2, 0.25) is 0 Å². The molecular formula is C4H6KN3. The molecule has 0 bridgehead atoms. The van der Waals surface area contributed by atoms with Gasteiger partial charge in [0.15, 0.2) is 0 Å². The van der Waals surface area contributed by atoms with E-state index in [2.05, 4.69) is 17.0 Å². The second kappa shape index (κ2) is 4.64. The van der Waals surface area contributed by atoms with Gasteiger partial charge in [-0.3, -0.25) is 4.68 Å². The van der Waals surface area contributed by atoms with E-state index in [9.17, 15) is 0 Å². The third kappa shape index (κ3) is 2.37. The van der Waals surface area contributed by atoms with Gasteiger partial charge in [-0.2, -0.15) is 5.10 Å². The zero-order valence-electron chi connectivity index (χ0n) is 4.91. The number of aromatic nitrogens is 3. The molecule has 0 aliphatic heterocycles. The van der Waals surface area contributed by atoms with Crippen molar-refractivity contribution in [2.45, 2.75) is 6.54 Å². The summed E-state index contributed by atoms with van der Waals surface area (Å²) in [5, 5.41) is 3.78. The fraction of sp³-hybridized carbons (Fsp3) is 0.250. The fourth-order valence-corrected chi connectivity index (χ4v) is 0.348. The molecule has 38 valence electrons. The molecule has 0 amide bonds. The van der Waals surface area contributed by atoms with Gasteiger partial charge in [-0.05, 0) is 0 Å². The van der Waals surface area contributed by atoms with Crippen LogP contribution in [0.1, 0.15) is 0 Å². The molecule has 1 aromatic heterocycles. The van der Waals surface area contributed by atoms with E-state index in [1.807, 2.05) is 0 Å². The Hall–Kier alpha value is 0.776. The number of rotatable bonds is 1. The van der Waals surface area contributed by atoms with Crippen LogP contribution in [0.25, 0.3) is 0 Å². The molecule has 8 heavy (non-hydrogen) atoms. The van der Waals surface area contributed by atoms with Gasteiger partial charge in [0, 0.05) is 0 Å². The molecule has 0 aromatic carbocycles. The van der Waals surface area contributed by atoms with Gasteiger partial charge in [0.25, 0.3) is 0 Å². The van der Waals surface area contributed by atoms with Crippen molar-refractivity contribution in [3.63, 3.8) is 0 Å². The summed E-state index contributed by atoms with van der Waals surface area (Å²) in [5.74, 6) is 0. The second-order valence-electron chi connectivity index (χ2n) is 1.16. The Labute approximate surface area is 90.9 Å². The van der Waals surface area contributed by atoms with Crippen molar-refractivity contribution in [3.05, 3.63) is 19.6 Å². The van der Waals surface area contributed by atoms with E-state index < -0.39 is 0 Å². The number of hydrogen-bond acceptors (Lipinski definition) is 2. The topological polar surface area (TPSA) is 30.7 Å². The molecule has 0 aliphatic rings. The molecule has 0 radical (unpaired) electrons. The van der Waals surface area contributed by atoms with Crippen molar-refractivity contribution in [1.82, 2.24) is 14.8 Å². The largest absolute Gasteiger partial charge is 1.00 e. The minimum Gasteiger partial charge on any atom is -0.322 e. The summed E-state index contributed by atoms with van der Waals surface area (Å²) in [4.78, 5) is 3.70. The molecule has 0 atom stereocenters. The first-order valence-electron chi connectivity index (χ1n) is 2.05. The van der Waals surface area contributed by atoms with E-state index in [0.29, 0.717) is 6.54 Å². The van der Waals surface area contributed by atoms with Crippen LogP contribution >= 0.6 is 0 Å². The molecule has 0 aliphatic carbocycles. The van der Waals surface area contributed by atoms with E-state index in [1.165, 1.54) is 6.33 Å². The van der Waals surface area contributed by atoms with Crippen LogP contribution in [-0.4, -0.2) is 14.8 Å². The Balaban J connectivity index is 0.000000490. The summed E-state index contributed by atoms with van der Waals surface area (Å²) in [7, 11) is 0. The maximum Gasteiger partial charge on any atom is 1.00 e. The van der Waals surface area contributed by atoms with Gasteiger partial charge >= 0.3 is 51.4 Å². The normalized spacial score (nSPS) is 8.12. The smallest absolute Gasteiger partial charge is 0.322 e. The van der Waals surface area contributed by atoms with Gasteiger partial charge in [-0.15, -0.1) is 0 Å². The Morgan fingerprint density at radius 1 is 1.62 bits per heavy atom. The van der Waals surface area contributed by atoms with E-state index in [-0.39, 0.29) is 51.4 Å². The van der Waals surface area contributed by atoms with E-state index >= 15 is 0 Å². The molecule has 1 heterocycles. The van der Waals surface area contributed by atoms with Crippen molar-refractivity contribution in [2.24, 2.45) is 0 Å². The molecular weight excluding hydrogens is 129 g/mol. The molecule has 0 N–H and O–H groups in total. The summed E-state index contributed by atoms with van der Waals surface area (Å²) >= 11 is 0.